The lowest BCUT2D eigenvalue weighted by atomic mass is 9.95. The Bertz CT molecular complexity index is 503. The highest BCUT2D eigenvalue weighted by Gasteiger charge is 2.20. The molecular formula is C15H20N2O2. The maximum Gasteiger partial charge on any atom is 0.209 e. The highest BCUT2D eigenvalue weighted by molar-refractivity contribution is 5.72. The minimum Gasteiger partial charge on any atom is -0.439 e. The van der Waals surface area contributed by atoms with Crippen molar-refractivity contribution in [3.63, 3.8) is 0 Å². The van der Waals surface area contributed by atoms with Crippen LogP contribution in [0.15, 0.2) is 28.7 Å². The van der Waals surface area contributed by atoms with Crippen molar-refractivity contribution in [2.75, 3.05) is 19.7 Å². The van der Waals surface area contributed by atoms with Crippen molar-refractivity contribution in [1.82, 2.24) is 9.88 Å². The molecule has 2 heterocycles. The first kappa shape index (κ1) is 12.6. The number of hydrogen-bond acceptors (Lipinski definition) is 4. The minimum atomic E-state index is 0.293. The summed E-state index contributed by atoms with van der Waals surface area (Å²) >= 11 is 0. The van der Waals surface area contributed by atoms with Crippen LogP contribution in [0, 0.1) is 5.92 Å². The second kappa shape index (κ2) is 5.72. The fourth-order valence-corrected chi connectivity index (χ4v) is 2.89. The molecule has 0 bridgehead atoms. The van der Waals surface area contributed by atoms with Crippen LogP contribution in [0.5, 0.6) is 0 Å². The van der Waals surface area contributed by atoms with Gasteiger partial charge in [0.15, 0.2) is 5.58 Å². The summed E-state index contributed by atoms with van der Waals surface area (Å²) in [6.07, 6.45) is 3.33. The number of para-hydroxylation sites is 2. The number of benzene rings is 1. The van der Waals surface area contributed by atoms with Gasteiger partial charge in [-0.2, -0.15) is 0 Å². The van der Waals surface area contributed by atoms with Crippen LogP contribution in [0.1, 0.15) is 25.2 Å². The largest absolute Gasteiger partial charge is 0.439 e. The highest BCUT2D eigenvalue weighted by atomic mass is 16.3. The van der Waals surface area contributed by atoms with E-state index in [-0.39, 0.29) is 0 Å². The van der Waals surface area contributed by atoms with E-state index in [0.717, 1.165) is 43.0 Å². The molecule has 0 amide bonds. The van der Waals surface area contributed by atoms with Gasteiger partial charge in [-0.05, 0) is 43.9 Å². The van der Waals surface area contributed by atoms with Crippen LogP contribution in [0.4, 0.5) is 0 Å². The van der Waals surface area contributed by atoms with E-state index in [0.29, 0.717) is 12.5 Å². The predicted octanol–water partition coefficient (Wildman–Crippen LogP) is 2.42. The third-order valence-electron chi connectivity index (χ3n) is 3.84. The van der Waals surface area contributed by atoms with Crippen molar-refractivity contribution in [2.24, 2.45) is 5.92 Å². The monoisotopic (exact) mass is 260 g/mol. The number of aliphatic hydroxyl groups excluding tert-OH is 1. The first-order valence-corrected chi connectivity index (χ1v) is 7.03. The van der Waals surface area contributed by atoms with Gasteiger partial charge in [0.2, 0.25) is 5.89 Å². The van der Waals surface area contributed by atoms with Crippen LogP contribution in [-0.2, 0) is 6.54 Å². The SMILES string of the molecule is OCCC1CCCN(Cc2nc3ccccc3o2)C1. The number of oxazole rings is 1. The van der Waals surface area contributed by atoms with Crippen LogP contribution >= 0.6 is 0 Å². The van der Waals surface area contributed by atoms with E-state index in [2.05, 4.69) is 9.88 Å². The Hall–Kier alpha value is -1.39. The summed E-state index contributed by atoms with van der Waals surface area (Å²) in [7, 11) is 0. The molecule has 4 heteroatoms. The number of aliphatic hydroxyl groups is 1. The van der Waals surface area contributed by atoms with Crippen molar-refractivity contribution in [1.29, 1.82) is 0 Å². The number of likely N-dealkylation sites (tertiary alicyclic amines) is 1. The van der Waals surface area contributed by atoms with E-state index >= 15 is 0 Å². The molecule has 1 fully saturated rings. The van der Waals surface area contributed by atoms with E-state index in [1.165, 1.54) is 12.8 Å². The first-order valence-electron chi connectivity index (χ1n) is 7.03. The molecule has 0 aliphatic carbocycles. The van der Waals surface area contributed by atoms with Gasteiger partial charge < -0.3 is 9.52 Å². The smallest absolute Gasteiger partial charge is 0.209 e. The molecule has 1 aliphatic rings. The van der Waals surface area contributed by atoms with Gasteiger partial charge in [-0.1, -0.05) is 12.1 Å². The van der Waals surface area contributed by atoms with E-state index in [4.69, 9.17) is 9.52 Å². The molecule has 4 nitrogen and oxygen atoms in total. The Morgan fingerprint density at radius 3 is 3.11 bits per heavy atom. The normalized spacial score (nSPS) is 21.0. The van der Waals surface area contributed by atoms with Crippen LogP contribution < -0.4 is 0 Å². The highest BCUT2D eigenvalue weighted by Crippen LogP contribution is 2.22. The van der Waals surface area contributed by atoms with Crippen LogP contribution in [-0.4, -0.2) is 34.7 Å². The molecule has 0 saturated carbocycles. The van der Waals surface area contributed by atoms with Crippen molar-refractivity contribution in [3.05, 3.63) is 30.2 Å². The Morgan fingerprint density at radius 1 is 1.37 bits per heavy atom. The zero-order valence-electron chi connectivity index (χ0n) is 11.1. The average molecular weight is 260 g/mol. The average Bonchev–Trinajstić information content (AvgIpc) is 2.81. The molecule has 3 rings (SSSR count). The fraction of sp³-hybridized carbons (Fsp3) is 0.533. The van der Waals surface area contributed by atoms with Crippen molar-refractivity contribution in [3.8, 4) is 0 Å². The molecule has 1 aromatic carbocycles. The second-order valence-electron chi connectivity index (χ2n) is 5.33. The van der Waals surface area contributed by atoms with Crippen molar-refractivity contribution >= 4 is 11.1 Å². The lowest BCUT2D eigenvalue weighted by molar-refractivity contribution is 0.134. The number of aromatic nitrogens is 1. The van der Waals surface area contributed by atoms with E-state index in [1.54, 1.807) is 0 Å². The molecule has 0 spiro atoms. The summed E-state index contributed by atoms with van der Waals surface area (Å²) in [5.41, 5.74) is 1.79. The van der Waals surface area contributed by atoms with E-state index < -0.39 is 0 Å². The maximum absolute atomic E-state index is 9.04. The Balaban J connectivity index is 1.67. The number of nitrogens with zero attached hydrogens (tertiary/aromatic N) is 2. The maximum atomic E-state index is 9.04. The van der Waals surface area contributed by atoms with Crippen LogP contribution in [0.2, 0.25) is 0 Å². The van der Waals surface area contributed by atoms with E-state index in [9.17, 15) is 0 Å². The van der Waals surface area contributed by atoms with Gasteiger partial charge in [0.1, 0.15) is 5.52 Å². The Kier molecular flexibility index (Phi) is 3.80. The summed E-state index contributed by atoms with van der Waals surface area (Å²) in [5, 5.41) is 9.04. The molecule has 0 radical (unpaired) electrons. The van der Waals surface area contributed by atoms with Gasteiger partial charge in [-0.3, -0.25) is 4.90 Å². The van der Waals surface area contributed by atoms with Gasteiger partial charge in [-0.25, -0.2) is 4.98 Å². The molecule has 1 atom stereocenters. The number of rotatable bonds is 4. The summed E-state index contributed by atoms with van der Waals surface area (Å²) < 4.78 is 5.76. The number of fused-ring (bicyclic) bond motifs is 1. The molecule has 1 N–H and O–H groups in total. The van der Waals surface area contributed by atoms with Gasteiger partial charge in [0.05, 0.1) is 6.54 Å². The van der Waals surface area contributed by atoms with Crippen LogP contribution in [0.3, 0.4) is 0 Å². The first-order chi connectivity index (χ1) is 9.35. The molecular weight excluding hydrogens is 240 g/mol. The van der Waals surface area contributed by atoms with Gasteiger partial charge in [-0.15, -0.1) is 0 Å². The van der Waals surface area contributed by atoms with Gasteiger partial charge in [0.25, 0.3) is 0 Å². The third-order valence-corrected chi connectivity index (χ3v) is 3.84. The molecule has 1 aliphatic heterocycles. The number of piperidine rings is 1. The molecule has 19 heavy (non-hydrogen) atoms. The zero-order valence-corrected chi connectivity index (χ0v) is 11.1. The van der Waals surface area contributed by atoms with Crippen molar-refractivity contribution in [2.45, 2.75) is 25.8 Å². The standard InChI is InChI=1S/C15H20N2O2/c18-9-7-12-4-3-8-17(10-12)11-15-16-13-5-1-2-6-14(13)19-15/h1-2,5-6,12,18H,3-4,7-11H2. The molecule has 2 aromatic rings. The Morgan fingerprint density at radius 2 is 2.26 bits per heavy atom. The third kappa shape index (κ3) is 2.96. The molecule has 102 valence electrons. The van der Waals surface area contributed by atoms with Gasteiger partial charge in [0, 0.05) is 13.2 Å². The van der Waals surface area contributed by atoms with E-state index in [1.807, 2.05) is 24.3 Å². The number of hydrogen-bond donors (Lipinski definition) is 1. The molecule has 1 aromatic heterocycles. The second-order valence-corrected chi connectivity index (χ2v) is 5.33. The van der Waals surface area contributed by atoms with Gasteiger partial charge >= 0.3 is 0 Å². The lowest BCUT2D eigenvalue weighted by Crippen LogP contribution is -2.35. The quantitative estimate of drug-likeness (QED) is 0.917. The Labute approximate surface area is 113 Å². The summed E-state index contributed by atoms with van der Waals surface area (Å²) in [6, 6.07) is 7.88. The predicted molar refractivity (Wildman–Crippen MR) is 73.7 cm³/mol. The zero-order chi connectivity index (χ0) is 13.1. The molecule has 1 saturated heterocycles. The summed E-state index contributed by atoms with van der Waals surface area (Å²) in [5.74, 6) is 1.41. The molecule has 1 unspecified atom stereocenters. The van der Waals surface area contributed by atoms with Crippen LogP contribution in [0.25, 0.3) is 11.1 Å². The lowest BCUT2D eigenvalue weighted by Gasteiger charge is -2.31. The topological polar surface area (TPSA) is 49.5 Å². The summed E-state index contributed by atoms with van der Waals surface area (Å²) in [6.45, 7) is 3.21. The van der Waals surface area contributed by atoms with Crippen molar-refractivity contribution < 1.29 is 9.52 Å². The fourth-order valence-electron chi connectivity index (χ4n) is 2.89. The summed E-state index contributed by atoms with van der Waals surface area (Å²) in [4.78, 5) is 6.90. The minimum absolute atomic E-state index is 0.293.